The van der Waals surface area contributed by atoms with Gasteiger partial charge in [-0.25, -0.2) is 0 Å². The molecule has 2 nitrogen and oxygen atoms in total. The molecule has 1 unspecified atom stereocenters. The Balaban J connectivity index is 1.55. The maximum atomic E-state index is 7.01. The topological polar surface area (TPSA) is 26.0 Å². The summed E-state index contributed by atoms with van der Waals surface area (Å²) in [5.41, 5.74) is 5.97. The van der Waals surface area contributed by atoms with Crippen molar-refractivity contribution in [3.8, 4) is 11.1 Å². The predicted molar refractivity (Wildman–Crippen MR) is 166 cm³/mol. The molecule has 0 aliphatic carbocycles. The minimum atomic E-state index is -0.652. The van der Waals surface area contributed by atoms with Crippen molar-refractivity contribution in [2.45, 2.75) is 12.8 Å². The van der Waals surface area contributed by atoms with Crippen LogP contribution in [0.4, 0.5) is 0 Å². The third-order valence-electron chi connectivity index (χ3n) is 6.77. The van der Waals surface area contributed by atoms with Crippen molar-refractivity contribution in [1.82, 2.24) is 4.98 Å². The van der Waals surface area contributed by atoms with Crippen LogP contribution in [0.1, 0.15) is 28.2 Å². The van der Waals surface area contributed by atoms with Crippen molar-refractivity contribution in [1.29, 1.82) is 0 Å². The van der Waals surface area contributed by atoms with Crippen LogP contribution in [0.5, 0.6) is 0 Å². The van der Waals surface area contributed by atoms with Crippen LogP contribution in [0.3, 0.4) is 0 Å². The fourth-order valence-corrected chi connectivity index (χ4v) is 7.15. The van der Waals surface area contributed by atoms with Crippen LogP contribution in [0, 0.1) is 6.92 Å². The largest absolute Gasteiger partial charge is 0.456 e. The molecule has 0 saturated heterocycles. The van der Waals surface area contributed by atoms with E-state index < -0.39 is 5.92 Å². The van der Waals surface area contributed by atoms with Gasteiger partial charge in [-0.2, -0.15) is 0 Å². The van der Waals surface area contributed by atoms with E-state index in [9.17, 15) is 0 Å². The Hall–Kier alpha value is -2.43. The van der Waals surface area contributed by atoms with Crippen LogP contribution in [0.25, 0.3) is 33.1 Å². The zero-order valence-electron chi connectivity index (χ0n) is 20.2. The van der Waals surface area contributed by atoms with Crippen molar-refractivity contribution < 1.29 is 4.42 Å². The van der Waals surface area contributed by atoms with Crippen LogP contribution < -0.4 is 0 Å². The molecule has 4 aromatic carbocycles. The van der Waals surface area contributed by atoms with Crippen LogP contribution >= 0.6 is 69.6 Å². The van der Waals surface area contributed by atoms with Gasteiger partial charge in [0, 0.05) is 65.9 Å². The first-order chi connectivity index (χ1) is 18.7. The third-order valence-corrected chi connectivity index (χ3v) is 8.62. The van der Waals surface area contributed by atoms with Crippen LogP contribution in [-0.2, 0) is 0 Å². The summed E-state index contributed by atoms with van der Waals surface area (Å²) in [6, 6.07) is 21.4. The molecule has 0 saturated carbocycles. The lowest BCUT2D eigenvalue weighted by atomic mass is 9.84. The van der Waals surface area contributed by atoms with E-state index in [1.54, 1.807) is 0 Å². The lowest BCUT2D eigenvalue weighted by Crippen LogP contribution is -2.09. The summed E-state index contributed by atoms with van der Waals surface area (Å²) in [6.07, 6.45) is 3.04. The molecule has 194 valence electrons. The van der Waals surface area contributed by atoms with Gasteiger partial charge in [-0.15, -0.1) is 0 Å². The summed E-state index contributed by atoms with van der Waals surface area (Å²) in [5, 5.41) is 4.48. The van der Waals surface area contributed by atoms with Gasteiger partial charge in [-0.05, 0) is 66.1 Å². The van der Waals surface area contributed by atoms with Gasteiger partial charge >= 0.3 is 0 Å². The monoisotopic (exact) mass is 629 g/mol. The molecule has 2 heterocycles. The van der Waals surface area contributed by atoms with E-state index in [1.807, 2.05) is 73.7 Å². The Morgan fingerprint density at radius 1 is 0.564 bits per heavy atom. The van der Waals surface area contributed by atoms with Gasteiger partial charge in [0.25, 0.3) is 0 Å². The number of pyridine rings is 1. The second-order valence-corrected chi connectivity index (χ2v) is 11.7. The predicted octanol–water partition coefficient (Wildman–Crippen LogP) is 12.1. The van der Waals surface area contributed by atoms with Crippen molar-refractivity contribution in [2.24, 2.45) is 0 Å². The number of benzene rings is 4. The van der Waals surface area contributed by atoms with E-state index in [0.29, 0.717) is 46.8 Å². The highest BCUT2D eigenvalue weighted by atomic mass is 35.5. The summed E-state index contributed by atoms with van der Waals surface area (Å²) >= 11 is 40.9. The van der Waals surface area contributed by atoms with Crippen LogP contribution in [-0.4, -0.2) is 4.98 Å². The lowest BCUT2D eigenvalue weighted by molar-refractivity contribution is 0.669. The normalized spacial score (nSPS) is 12.4. The smallest absolute Gasteiger partial charge is 0.136 e. The van der Waals surface area contributed by atoms with Gasteiger partial charge in [0.2, 0.25) is 0 Å². The fourth-order valence-electron chi connectivity index (χ4n) is 5.05. The summed E-state index contributed by atoms with van der Waals surface area (Å²) in [5.74, 6) is -0.652. The highest BCUT2D eigenvalue weighted by Crippen LogP contribution is 2.49. The number of halogens is 6. The molecule has 6 aromatic rings. The Bertz CT molecular complexity index is 1850. The molecule has 39 heavy (non-hydrogen) atoms. The molecule has 0 amide bonds. The molecule has 6 rings (SSSR count). The quantitative estimate of drug-likeness (QED) is 0.193. The number of aromatic nitrogens is 1. The first kappa shape index (κ1) is 26.8. The second-order valence-electron chi connectivity index (χ2n) is 9.25. The minimum absolute atomic E-state index is 0.340. The van der Waals surface area contributed by atoms with Crippen LogP contribution in [0.2, 0.25) is 30.1 Å². The molecule has 0 N–H and O–H groups in total. The summed E-state index contributed by atoms with van der Waals surface area (Å²) in [4.78, 5) is 4.11. The van der Waals surface area contributed by atoms with Gasteiger partial charge < -0.3 is 4.42 Å². The molecule has 0 radical (unpaired) electrons. The zero-order chi connectivity index (χ0) is 27.4. The Morgan fingerprint density at radius 2 is 1.10 bits per heavy atom. The number of nitrogens with zero attached hydrogens (tertiary/aromatic N) is 1. The fraction of sp³-hybridized carbons (Fsp3) is 0.0645. The van der Waals surface area contributed by atoms with Crippen molar-refractivity contribution in [3.63, 3.8) is 0 Å². The molecular weight excluding hydrogens is 615 g/mol. The number of hydrogen-bond donors (Lipinski definition) is 0. The van der Waals surface area contributed by atoms with E-state index in [-0.39, 0.29) is 0 Å². The number of furan rings is 1. The summed E-state index contributed by atoms with van der Waals surface area (Å²) in [7, 11) is 0. The van der Waals surface area contributed by atoms with Gasteiger partial charge in [-0.3, -0.25) is 4.98 Å². The molecule has 0 aliphatic rings. The summed E-state index contributed by atoms with van der Waals surface area (Å²) < 4.78 is 6.08. The molecule has 0 spiro atoms. The van der Waals surface area contributed by atoms with Gasteiger partial charge in [0.05, 0.1) is 10.0 Å². The lowest BCUT2D eigenvalue weighted by Gasteiger charge is -2.26. The number of fused-ring (bicyclic) bond motifs is 3. The second kappa shape index (κ2) is 10.5. The first-order valence-electron chi connectivity index (χ1n) is 11.9. The van der Waals surface area contributed by atoms with E-state index in [1.165, 1.54) is 12.4 Å². The third kappa shape index (κ3) is 4.78. The van der Waals surface area contributed by atoms with E-state index in [0.717, 1.165) is 38.6 Å². The molecule has 2 aromatic heterocycles. The van der Waals surface area contributed by atoms with E-state index in [4.69, 9.17) is 74.0 Å². The van der Waals surface area contributed by atoms with Gasteiger partial charge in [0.1, 0.15) is 11.2 Å². The average Bonchev–Trinajstić information content (AvgIpc) is 3.25. The molecule has 0 bridgehead atoms. The maximum absolute atomic E-state index is 7.01. The van der Waals surface area contributed by atoms with E-state index >= 15 is 0 Å². The number of rotatable bonds is 4. The molecule has 1 atom stereocenters. The van der Waals surface area contributed by atoms with Crippen LogP contribution in [0.15, 0.2) is 83.5 Å². The van der Waals surface area contributed by atoms with Gasteiger partial charge in [0.15, 0.2) is 0 Å². The van der Waals surface area contributed by atoms with Gasteiger partial charge in [-0.1, -0.05) is 93.9 Å². The SMILES string of the molecule is Cc1cc(Cl)c(C(c2c(Cl)cncc2Cl)c2c(Cl)cc(-c3ccc4c(c3)oc3ccccc34)cc2Cl)c(Cl)c1. The molecular formula is C31H17Cl6NO. The number of hydrogen-bond acceptors (Lipinski definition) is 2. The Morgan fingerprint density at radius 3 is 1.74 bits per heavy atom. The number of aryl methyl sites for hydroxylation is 1. The zero-order valence-corrected chi connectivity index (χ0v) is 24.7. The standard InChI is InChI=1S/C31H17Cl6NO/c1-15-8-20(32)28(21(33)9-15)31(30-24(36)13-38-14-25(30)37)29-22(34)10-17(11-23(29)35)16-6-7-19-18-4-2-3-5-26(18)39-27(19)12-16/h2-14,31H,1H3. The van der Waals surface area contributed by atoms with Crippen molar-refractivity contribution in [2.75, 3.05) is 0 Å². The molecule has 0 fully saturated rings. The Kier molecular flexibility index (Phi) is 7.22. The minimum Gasteiger partial charge on any atom is -0.456 e. The first-order valence-corrected chi connectivity index (χ1v) is 14.1. The van der Waals surface area contributed by atoms with E-state index in [2.05, 4.69) is 4.98 Å². The highest BCUT2D eigenvalue weighted by Gasteiger charge is 2.31. The van der Waals surface area contributed by atoms with Crippen molar-refractivity contribution in [3.05, 3.63) is 132 Å². The molecule has 8 heteroatoms. The maximum Gasteiger partial charge on any atom is 0.136 e. The Labute approximate surface area is 255 Å². The highest BCUT2D eigenvalue weighted by molar-refractivity contribution is 6.39. The average molecular weight is 632 g/mol. The number of para-hydroxylation sites is 1. The van der Waals surface area contributed by atoms with Crippen molar-refractivity contribution >= 4 is 91.5 Å². The summed E-state index contributed by atoms with van der Waals surface area (Å²) in [6.45, 7) is 1.91. The molecule has 0 aliphatic heterocycles.